The minimum Gasteiger partial charge on any atom is -0.323 e. The van der Waals surface area contributed by atoms with Crippen molar-refractivity contribution in [3.05, 3.63) is 23.5 Å². The molecule has 88 valence electrons. The van der Waals surface area contributed by atoms with Crippen molar-refractivity contribution in [2.45, 2.75) is 32.2 Å². The SMILES string of the molecule is CCCCC(N)C(=O)Nc1ccc(Cl)nc1. The van der Waals surface area contributed by atoms with Gasteiger partial charge in [-0.3, -0.25) is 4.79 Å². The van der Waals surface area contributed by atoms with E-state index >= 15 is 0 Å². The summed E-state index contributed by atoms with van der Waals surface area (Å²) in [6.45, 7) is 2.06. The van der Waals surface area contributed by atoms with Crippen LogP contribution in [-0.2, 0) is 4.79 Å². The third-order valence-corrected chi connectivity index (χ3v) is 2.42. The molecule has 5 heteroatoms. The van der Waals surface area contributed by atoms with E-state index in [9.17, 15) is 4.79 Å². The lowest BCUT2D eigenvalue weighted by molar-refractivity contribution is -0.117. The monoisotopic (exact) mass is 241 g/mol. The van der Waals surface area contributed by atoms with E-state index in [-0.39, 0.29) is 5.91 Å². The summed E-state index contributed by atoms with van der Waals surface area (Å²) >= 11 is 5.63. The van der Waals surface area contributed by atoms with E-state index < -0.39 is 6.04 Å². The molecule has 1 aromatic heterocycles. The van der Waals surface area contributed by atoms with Crippen LogP contribution in [-0.4, -0.2) is 16.9 Å². The number of nitrogens with two attached hydrogens (primary N) is 1. The fourth-order valence-corrected chi connectivity index (χ4v) is 1.35. The number of rotatable bonds is 5. The minimum absolute atomic E-state index is 0.183. The number of amides is 1. The molecule has 0 saturated carbocycles. The van der Waals surface area contributed by atoms with Crippen LogP contribution in [0.3, 0.4) is 0 Å². The van der Waals surface area contributed by atoms with E-state index in [1.807, 2.05) is 0 Å². The Morgan fingerprint density at radius 2 is 2.38 bits per heavy atom. The minimum atomic E-state index is -0.462. The van der Waals surface area contributed by atoms with E-state index in [0.29, 0.717) is 17.3 Å². The number of carbonyl (C=O) groups excluding carboxylic acids is 1. The van der Waals surface area contributed by atoms with Crippen molar-refractivity contribution in [2.75, 3.05) is 5.32 Å². The molecule has 16 heavy (non-hydrogen) atoms. The number of pyridine rings is 1. The predicted octanol–water partition coefficient (Wildman–Crippen LogP) is 2.19. The summed E-state index contributed by atoms with van der Waals surface area (Å²) in [6.07, 6.45) is 4.19. The molecule has 1 aromatic rings. The van der Waals surface area contributed by atoms with Crippen molar-refractivity contribution in [1.82, 2.24) is 4.98 Å². The molecular formula is C11H16ClN3O. The van der Waals surface area contributed by atoms with Gasteiger partial charge in [0.05, 0.1) is 17.9 Å². The summed E-state index contributed by atoms with van der Waals surface area (Å²) in [5.74, 6) is -0.183. The van der Waals surface area contributed by atoms with Crippen molar-refractivity contribution < 1.29 is 4.79 Å². The van der Waals surface area contributed by atoms with Crippen molar-refractivity contribution in [3.63, 3.8) is 0 Å². The lowest BCUT2D eigenvalue weighted by Crippen LogP contribution is -2.35. The Morgan fingerprint density at radius 3 is 2.94 bits per heavy atom. The van der Waals surface area contributed by atoms with Crippen molar-refractivity contribution in [1.29, 1.82) is 0 Å². The molecule has 1 heterocycles. The number of carbonyl (C=O) groups is 1. The van der Waals surface area contributed by atoms with Crippen LogP contribution in [0.1, 0.15) is 26.2 Å². The number of anilines is 1. The number of nitrogens with one attached hydrogen (secondary N) is 1. The van der Waals surface area contributed by atoms with Gasteiger partial charge in [0, 0.05) is 0 Å². The molecule has 0 spiro atoms. The van der Waals surface area contributed by atoms with E-state index in [2.05, 4.69) is 17.2 Å². The molecule has 0 aromatic carbocycles. The molecule has 1 atom stereocenters. The maximum absolute atomic E-state index is 11.6. The second-order valence-electron chi connectivity index (χ2n) is 3.61. The quantitative estimate of drug-likeness (QED) is 0.777. The molecule has 1 amide bonds. The Balaban J connectivity index is 2.47. The average molecular weight is 242 g/mol. The van der Waals surface area contributed by atoms with Crippen LogP contribution >= 0.6 is 11.6 Å². The third-order valence-electron chi connectivity index (χ3n) is 2.20. The fourth-order valence-electron chi connectivity index (χ4n) is 1.24. The highest BCUT2D eigenvalue weighted by Gasteiger charge is 2.12. The van der Waals surface area contributed by atoms with Crippen molar-refractivity contribution in [2.24, 2.45) is 5.73 Å². The smallest absolute Gasteiger partial charge is 0.241 e. The molecule has 0 aliphatic rings. The summed E-state index contributed by atoms with van der Waals surface area (Å²) < 4.78 is 0. The van der Waals surface area contributed by atoms with Crippen LogP contribution < -0.4 is 11.1 Å². The number of hydrogen-bond acceptors (Lipinski definition) is 3. The van der Waals surface area contributed by atoms with E-state index in [0.717, 1.165) is 12.8 Å². The molecule has 0 radical (unpaired) electrons. The molecular weight excluding hydrogens is 226 g/mol. The van der Waals surface area contributed by atoms with Gasteiger partial charge in [0.1, 0.15) is 5.15 Å². The maximum atomic E-state index is 11.6. The van der Waals surface area contributed by atoms with E-state index in [1.165, 1.54) is 6.20 Å². The highest BCUT2D eigenvalue weighted by molar-refractivity contribution is 6.29. The number of halogens is 1. The molecule has 0 aliphatic heterocycles. The third kappa shape index (κ3) is 4.16. The zero-order chi connectivity index (χ0) is 12.0. The maximum Gasteiger partial charge on any atom is 0.241 e. The van der Waals surface area contributed by atoms with Gasteiger partial charge >= 0.3 is 0 Å². The first kappa shape index (κ1) is 12.9. The number of unbranched alkanes of at least 4 members (excludes halogenated alkanes) is 1. The summed E-state index contributed by atoms with van der Waals surface area (Å²) in [5.41, 5.74) is 6.33. The van der Waals surface area contributed by atoms with Crippen LogP contribution in [0.15, 0.2) is 18.3 Å². The Hall–Kier alpha value is -1.13. The second kappa shape index (κ2) is 6.45. The van der Waals surface area contributed by atoms with Gasteiger partial charge in [-0.1, -0.05) is 31.4 Å². The topological polar surface area (TPSA) is 68.0 Å². The average Bonchev–Trinajstić information content (AvgIpc) is 2.29. The van der Waals surface area contributed by atoms with Crippen LogP contribution in [0.5, 0.6) is 0 Å². The van der Waals surface area contributed by atoms with Crippen LogP contribution in [0.25, 0.3) is 0 Å². The number of aromatic nitrogens is 1. The first-order valence-corrected chi connectivity index (χ1v) is 5.69. The zero-order valence-corrected chi connectivity index (χ0v) is 10.00. The van der Waals surface area contributed by atoms with Gasteiger partial charge in [0.2, 0.25) is 5.91 Å². The highest BCUT2D eigenvalue weighted by atomic mass is 35.5. The highest BCUT2D eigenvalue weighted by Crippen LogP contribution is 2.10. The fraction of sp³-hybridized carbons (Fsp3) is 0.455. The molecule has 1 rings (SSSR count). The zero-order valence-electron chi connectivity index (χ0n) is 9.24. The largest absolute Gasteiger partial charge is 0.323 e. The normalized spacial score (nSPS) is 12.2. The summed E-state index contributed by atoms with van der Waals surface area (Å²) in [6, 6.07) is 2.85. The second-order valence-corrected chi connectivity index (χ2v) is 3.99. The Bertz CT molecular complexity index is 340. The van der Waals surface area contributed by atoms with Crippen LogP contribution in [0.4, 0.5) is 5.69 Å². The summed E-state index contributed by atoms with van der Waals surface area (Å²) in [4.78, 5) is 15.5. The molecule has 4 nitrogen and oxygen atoms in total. The van der Waals surface area contributed by atoms with E-state index in [1.54, 1.807) is 12.1 Å². The lowest BCUT2D eigenvalue weighted by atomic mass is 10.1. The molecule has 1 unspecified atom stereocenters. The Morgan fingerprint density at radius 1 is 1.62 bits per heavy atom. The van der Waals surface area contributed by atoms with Crippen LogP contribution in [0.2, 0.25) is 5.15 Å². The molecule has 0 saturated heterocycles. The lowest BCUT2D eigenvalue weighted by Gasteiger charge is -2.11. The number of nitrogens with zero attached hydrogens (tertiary/aromatic N) is 1. The van der Waals surface area contributed by atoms with Gasteiger partial charge in [0.15, 0.2) is 0 Å². The van der Waals surface area contributed by atoms with Crippen molar-refractivity contribution >= 4 is 23.2 Å². The standard InChI is InChI=1S/C11H16ClN3O/c1-2-3-4-9(13)11(16)15-8-5-6-10(12)14-7-8/h5-7,9H,2-4,13H2,1H3,(H,15,16). The predicted molar refractivity (Wildman–Crippen MR) is 65.4 cm³/mol. The Kier molecular flexibility index (Phi) is 5.22. The first-order chi connectivity index (χ1) is 7.63. The van der Waals surface area contributed by atoms with Gasteiger partial charge in [0.25, 0.3) is 0 Å². The number of hydrogen-bond donors (Lipinski definition) is 2. The molecule has 0 aliphatic carbocycles. The van der Waals surface area contributed by atoms with Gasteiger partial charge in [-0.05, 0) is 18.6 Å². The van der Waals surface area contributed by atoms with Gasteiger partial charge < -0.3 is 11.1 Å². The summed E-state index contributed by atoms with van der Waals surface area (Å²) in [5, 5.41) is 3.09. The first-order valence-electron chi connectivity index (χ1n) is 5.31. The molecule has 0 bridgehead atoms. The van der Waals surface area contributed by atoms with Gasteiger partial charge in [-0.2, -0.15) is 0 Å². The van der Waals surface area contributed by atoms with Crippen molar-refractivity contribution in [3.8, 4) is 0 Å². The van der Waals surface area contributed by atoms with Gasteiger partial charge in [-0.15, -0.1) is 0 Å². The Labute approximate surface area is 100 Å². The molecule has 3 N–H and O–H groups in total. The van der Waals surface area contributed by atoms with E-state index in [4.69, 9.17) is 17.3 Å². The van der Waals surface area contributed by atoms with Gasteiger partial charge in [-0.25, -0.2) is 4.98 Å². The van der Waals surface area contributed by atoms with Crippen LogP contribution in [0, 0.1) is 0 Å². The molecule has 0 fully saturated rings. The summed E-state index contributed by atoms with van der Waals surface area (Å²) in [7, 11) is 0.